The van der Waals surface area contributed by atoms with Crippen molar-refractivity contribution in [1.82, 2.24) is 15.5 Å². The van der Waals surface area contributed by atoms with E-state index in [-0.39, 0.29) is 18.3 Å². The lowest BCUT2D eigenvalue weighted by Crippen LogP contribution is -2.31. The van der Waals surface area contributed by atoms with Crippen LogP contribution >= 0.6 is 12.4 Å². The lowest BCUT2D eigenvalue weighted by Gasteiger charge is -2.19. The predicted molar refractivity (Wildman–Crippen MR) is 93.2 cm³/mol. The van der Waals surface area contributed by atoms with E-state index in [0.29, 0.717) is 13.1 Å². The van der Waals surface area contributed by atoms with Gasteiger partial charge in [0.2, 0.25) is 5.91 Å². The molecule has 1 fully saturated rings. The van der Waals surface area contributed by atoms with Crippen molar-refractivity contribution in [3.05, 3.63) is 35.4 Å². The van der Waals surface area contributed by atoms with Gasteiger partial charge in [0.15, 0.2) is 0 Å². The van der Waals surface area contributed by atoms with Crippen molar-refractivity contribution in [1.29, 1.82) is 0 Å². The Morgan fingerprint density at radius 2 is 1.64 bits per heavy atom. The molecule has 0 spiro atoms. The molecular weight excluding hydrogens is 298 g/mol. The highest BCUT2D eigenvalue weighted by molar-refractivity contribution is 5.85. The van der Waals surface area contributed by atoms with Crippen molar-refractivity contribution in [3.8, 4) is 0 Å². The van der Waals surface area contributed by atoms with E-state index in [2.05, 4.69) is 39.8 Å². The van der Waals surface area contributed by atoms with E-state index in [9.17, 15) is 4.79 Å². The number of hydrogen-bond acceptors (Lipinski definition) is 3. The summed E-state index contributed by atoms with van der Waals surface area (Å²) in [6, 6.07) is 8.61. The molecular formula is C17H28ClN3O. The van der Waals surface area contributed by atoms with Crippen LogP contribution in [-0.2, 0) is 17.9 Å². The van der Waals surface area contributed by atoms with Crippen LogP contribution in [0.1, 0.15) is 36.8 Å². The number of carbonyl (C=O) groups excluding carboxylic acids is 1. The Balaban J connectivity index is 0.00000242. The summed E-state index contributed by atoms with van der Waals surface area (Å²) in [5.41, 5.74) is 2.52. The lowest BCUT2D eigenvalue weighted by molar-refractivity contribution is -0.120. The molecule has 1 aromatic carbocycles. The summed E-state index contributed by atoms with van der Waals surface area (Å²) < 4.78 is 0. The number of amides is 1. The summed E-state index contributed by atoms with van der Waals surface area (Å²) >= 11 is 0. The van der Waals surface area contributed by atoms with Crippen molar-refractivity contribution >= 4 is 18.3 Å². The van der Waals surface area contributed by atoms with Crippen molar-refractivity contribution < 1.29 is 4.79 Å². The van der Waals surface area contributed by atoms with E-state index in [1.807, 2.05) is 0 Å². The standard InChI is InChI=1S/C17H27N3O.ClH/c1-18-13-17(21)19-12-15-6-8-16(9-7-15)14-20-10-4-2-3-5-11-20;/h6-9,18H,2-5,10-14H2,1H3,(H,19,21);1H. The third-order valence-corrected chi connectivity index (χ3v) is 3.95. The van der Waals surface area contributed by atoms with Gasteiger partial charge in [-0.25, -0.2) is 0 Å². The molecule has 1 saturated heterocycles. The SMILES string of the molecule is CNCC(=O)NCc1ccc(CN2CCCCCC2)cc1.Cl. The summed E-state index contributed by atoms with van der Waals surface area (Å²) in [6.07, 6.45) is 5.41. The van der Waals surface area contributed by atoms with E-state index >= 15 is 0 Å². The highest BCUT2D eigenvalue weighted by Gasteiger charge is 2.09. The molecule has 1 aliphatic rings. The average molecular weight is 326 g/mol. The normalized spacial score (nSPS) is 15.7. The van der Waals surface area contributed by atoms with Crippen LogP contribution in [-0.4, -0.2) is 37.5 Å². The van der Waals surface area contributed by atoms with E-state index in [0.717, 1.165) is 12.1 Å². The second-order valence-corrected chi connectivity index (χ2v) is 5.81. The summed E-state index contributed by atoms with van der Waals surface area (Å²) in [5, 5.41) is 5.74. The molecule has 5 heteroatoms. The number of nitrogens with one attached hydrogen (secondary N) is 2. The van der Waals surface area contributed by atoms with E-state index in [1.54, 1.807) is 7.05 Å². The molecule has 124 valence electrons. The second kappa shape index (κ2) is 10.6. The first-order chi connectivity index (χ1) is 10.3. The summed E-state index contributed by atoms with van der Waals surface area (Å²) in [7, 11) is 1.78. The van der Waals surface area contributed by atoms with E-state index < -0.39 is 0 Å². The molecule has 0 saturated carbocycles. The summed E-state index contributed by atoms with van der Waals surface area (Å²) in [6.45, 7) is 4.47. The number of likely N-dealkylation sites (N-methyl/N-ethyl adjacent to an activating group) is 1. The van der Waals surface area contributed by atoms with Gasteiger partial charge in [0, 0.05) is 13.1 Å². The van der Waals surface area contributed by atoms with Gasteiger partial charge in [-0.3, -0.25) is 9.69 Å². The lowest BCUT2D eigenvalue weighted by atomic mass is 10.1. The van der Waals surface area contributed by atoms with Gasteiger partial charge in [-0.15, -0.1) is 12.4 Å². The molecule has 22 heavy (non-hydrogen) atoms. The Labute approximate surface area is 140 Å². The molecule has 2 N–H and O–H groups in total. The molecule has 0 unspecified atom stereocenters. The second-order valence-electron chi connectivity index (χ2n) is 5.81. The highest BCUT2D eigenvalue weighted by atomic mass is 35.5. The molecule has 0 atom stereocenters. The molecule has 0 bridgehead atoms. The number of halogens is 1. The Kier molecular flexibility index (Phi) is 9.13. The fraction of sp³-hybridized carbons (Fsp3) is 0.588. The first-order valence-electron chi connectivity index (χ1n) is 7.99. The summed E-state index contributed by atoms with van der Waals surface area (Å²) in [5.74, 6) is 0.0335. The molecule has 2 rings (SSSR count). The van der Waals surface area contributed by atoms with Crippen LogP contribution in [0.3, 0.4) is 0 Å². The largest absolute Gasteiger partial charge is 0.351 e. The molecule has 1 amide bonds. The minimum Gasteiger partial charge on any atom is -0.351 e. The zero-order valence-corrected chi connectivity index (χ0v) is 14.3. The molecule has 0 radical (unpaired) electrons. The zero-order chi connectivity index (χ0) is 14.9. The van der Waals surface area contributed by atoms with Crippen LogP contribution in [0.2, 0.25) is 0 Å². The fourth-order valence-electron chi connectivity index (χ4n) is 2.74. The molecule has 1 heterocycles. The average Bonchev–Trinajstić information content (AvgIpc) is 2.76. The third-order valence-electron chi connectivity index (χ3n) is 3.95. The van der Waals surface area contributed by atoms with E-state index in [4.69, 9.17) is 0 Å². The van der Waals surface area contributed by atoms with Crippen LogP contribution in [0, 0.1) is 0 Å². The zero-order valence-electron chi connectivity index (χ0n) is 13.4. The minimum atomic E-state index is 0. The maximum absolute atomic E-state index is 11.4. The Morgan fingerprint density at radius 1 is 1.05 bits per heavy atom. The Bertz CT molecular complexity index is 428. The van der Waals surface area contributed by atoms with Crippen LogP contribution in [0.5, 0.6) is 0 Å². The van der Waals surface area contributed by atoms with Gasteiger partial charge in [-0.05, 0) is 44.1 Å². The van der Waals surface area contributed by atoms with Gasteiger partial charge in [0.05, 0.1) is 6.54 Å². The van der Waals surface area contributed by atoms with Crippen molar-refractivity contribution in [3.63, 3.8) is 0 Å². The first kappa shape index (κ1) is 18.9. The highest BCUT2D eigenvalue weighted by Crippen LogP contribution is 2.13. The first-order valence-corrected chi connectivity index (χ1v) is 7.99. The molecule has 0 aromatic heterocycles. The maximum Gasteiger partial charge on any atom is 0.234 e. The van der Waals surface area contributed by atoms with E-state index in [1.165, 1.54) is 44.3 Å². The summed E-state index contributed by atoms with van der Waals surface area (Å²) in [4.78, 5) is 14.0. The third kappa shape index (κ3) is 6.77. The fourth-order valence-corrected chi connectivity index (χ4v) is 2.74. The topological polar surface area (TPSA) is 44.4 Å². The molecule has 1 aliphatic heterocycles. The van der Waals surface area contributed by atoms with Crippen molar-refractivity contribution in [2.75, 3.05) is 26.7 Å². The quantitative estimate of drug-likeness (QED) is 0.843. The van der Waals surface area contributed by atoms with Crippen LogP contribution < -0.4 is 10.6 Å². The number of likely N-dealkylation sites (tertiary alicyclic amines) is 1. The smallest absolute Gasteiger partial charge is 0.234 e. The minimum absolute atomic E-state index is 0. The van der Waals surface area contributed by atoms with Gasteiger partial charge in [0.25, 0.3) is 0 Å². The number of rotatable bonds is 6. The molecule has 4 nitrogen and oxygen atoms in total. The van der Waals surface area contributed by atoms with Gasteiger partial charge in [0.1, 0.15) is 0 Å². The van der Waals surface area contributed by atoms with Crippen LogP contribution in [0.25, 0.3) is 0 Å². The van der Waals surface area contributed by atoms with Crippen molar-refractivity contribution in [2.24, 2.45) is 0 Å². The number of benzene rings is 1. The predicted octanol–water partition coefficient (Wildman–Crippen LogP) is 2.32. The number of hydrogen-bond donors (Lipinski definition) is 2. The van der Waals surface area contributed by atoms with Gasteiger partial charge >= 0.3 is 0 Å². The molecule has 1 aromatic rings. The van der Waals surface area contributed by atoms with Gasteiger partial charge in [-0.2, -0.15) is 0 Å². The van der Waals surface area contributed by atoms with Gasteiger partial charge < -0.3 is 10.6 Å². The van der Waals surface area contributed by atoms with Gasteiger partial charge in [-0.1, -0.05) is 37.1 Å². The maximum atomic E-state index is 11.4. The number of nitrogens with zero attached hydrogens (tertiary/aromatic N) is 1. The van der Waals surface area contributed by atoms with Crippen LogP contribution in [0.15, 0.2) is 24.3 Å². The molecule has 0 aliphatic carbocycles. The van der Waals surface area contributed by atoms with Crippen molar-refractivity contribution in [2.45, 2.75) is 38.8 Å². The number of carbonyl (C=O) groups is 1. The van der Waals surface area contributed by atoms with Crippen LogP contribution in [0.4, 0.5) is 0 Å². The Morgan fingerprint density at radius 3 is 2.23 bits per heavy atom. The Hall–Kier alpha value is -1.10. The monoisotopic (exact) mass is 325 g/mol.